The first-order valence-corrected chi connectivity index (χ1v) is 9.85. The molecule has 144 valence electrons. The minimum absolute atomic E-state index is 0.0178. The van der Waals surface area contributed by atoms with E-state index < -0.39 is 0 Å². The van der Waals surface area contributed by atoms with E-state index >= 15 is 0 Å². The summed E-state index contributed by atoms with van der Waals surface area (Å²) >= 11 is 6.36. The first-order chi connectivity index (χ1) is 13.6. The highest BCUT2D eigenvalue weighted by atomic mass is 35.5. The van der Waals surface area contributed by atoms with Gasteiger partial charge in [0.25, 0.3) is 0 Å². The van der Waals surface area contributed by atoms with Gasteiger partial charge in [-0.1, -0.05) is 53.6 Å². The van der Waals surface area contributed by atoms with Gasteiger partial charge in [-0.25, -0.2) is 4.98 Å². The number of pyridine rings is 1. The van der Waals surface area contributed by atoms with E-state index in [4.69, 9.17) is 11.6 Å². The van der Waals surface area contributed by atoms with Crippen molar-refractivity contribution < 1.29 is 4.79 Å². The molecule has 1 aromatic heterocycles. The molecule has 2 heterocycles. The lowest BCUT2D eigenvalue weighted by Gasteiger charge is -2.35. The van der Waals surface area contributed by atoms with Gasteiger partial charge in [-0.15, -0.1) is 0 Å². The zero-order valence-corrected chi connectivity index (χ0v) is 16.6. The molecular weight excluding hydrogens is 372 g/mol. The van der Waals surface area contributed by atoms with E-state index in [1.54, 1.807) is 0 Å². The molecule has 0 radical (unpaired) electrons. The predicted octanol–water partition coefficient (Wildman–Crippen LogP) is 3.96. The first kappa shape index (κ1) is 18.7. The molecule has 0 aliphatic carbocycles. The number of amides is 1. The molecule has 0 unspecified atom stereocenters. The molecule has 28 heavy (non-hydrogen) atoms. The molecule has 3 aromatic rings. The van der Waals surface area contributed by atoms with E-state index in [0.717, 1.165) is 48.5 Å². The third-order valence-electron chi connectivity index (χ3n) is 5.08. The van der Waals surface area contributed by atoms with E-state index in [1.165, 1.54) is 5.56 Å². The zero-order chi connectivity index (χ0) is 19.5. The van der Waals surface area contributed by atoms with Crippen LogP contribution in [0.2, 0.25) is 5.15 Å². The quantitative estimate of drug-likeness (QED) is 0.680. The lowest BCUT2D eigenvalue weighted by atomic mass is 10.1. The topological polar surface area (TPSA) is 48.5 Å². The Kier molecular flexibility index (Phi) is 5.46. The summed E-state index contributed by atoms with van der Waals surface area (Å²) in [4.78, 5) is 21.3. The van der Waals surface area contributed by atoms with Gasteiger partial charge in [0.2, 0.25) is 5.91 Å². The van der Waals surface area contributed by atoms with Gasteiger partial charge in [0.1, 0.15) is 11.0 Å². The smallest absolute Gasteiger partial charge is 0.238 e. The van der Waals surface area contributed by atoms with Gasteiger partial charge in [0.05, 0.1) is 6.54 Å². The number of piperazine rings is 1. The maximum Gasteiger partial charge on any atom is 0.238 e. The summed E-state index contributed by atoms with van der Waals surface area (Å²) in [5, 5.41) is 5.56. The van der Waals surface area contributed by atoms with E-state index in [9.17, 15) is 4.79 Å². The standard InChI is InChI=1S/C22H23ClN4O/c1-16-6-8-18(9-7-16)24-21(28)15-26-10-12-27(13-11-26)20-14-17-4-2-3-5-19(17)22(23)25-20/h2-9,14H,10-13,15H2,1H3,(H,24,28). The Balaban J connectivity index is 1.34. The Hall–Kier alpha value is -2.63. The molecule has 6 heteroatoms. The molecule has 1 aliphatic rings. The molecule has 0 atom stereocenters. The number of carbonyl (C=O) groups excluding carboxylic acids is 1. The Labute approximate surface area is 169 Å². The number of aryl methyl sites for hydroxylation is 1. The van der Waals surface area contributed by atoms with Crippen molar-refractivity contribution in [2.45, 2.75) is 6.92 Å². The van der Waals surface area contributed by atoms with Gasteiger partial charge >= 0.3 is 0 Å². The number of hydrogen-bond donors (Lipinski definition) is 1. The minimum Gasteiger partial charge on any atom is -0.354 e. The molecule has 1 aliphatic heterocycles. The van der Waals surface area contributed by atoms with Gasteiger partial charge in [0.15, 0.2) is 0 Å². The fourth-order valence-corrected chi connectivity index (χ4v) is 3.74. The number of rotatable bonds is 4. The van der Waals surface area contributed by atoms with Crippen LogP contribution in [0.1, 0.15) is 5.56 Å². The number of nitrogens with zero attached hydrogens (tertiary/aromatic N) is 3. The highest BCUT2D eigenvalue weighted by molar-refractivity contribution is 6.34. The molecular formula is C22H23ClN4O. The number of nitrogens with one attached hydrogen (secondary N) is 1. The highest BCUT2D eigenvalue weighted by Crippen LogP contribution is 2.26. The summed E-state index contributed by atoms with van der Waals surface area (Å²) in [6, 6.07) is 18.0. The van der Waals surface area contributed by atoms with Gasteiger partial charge in [-0.3, -0.25) is 9.69 Å². The molecule has 1 amide bonds. The number of anilines is 2. The van der Waals surface area contributed by atoms with Crippen molar-refractivity contribution >= 4 is 39.8 Å². The monoisotopic (exact) mass is 394 g/mol. The van der Waals surface area contributed by atoms with Crippen molar-refractivity contribution in [3.8, 4) is 0 Å². The summed E-state index contributed by atoms with van der Waals surface area (Å²) in [7, 11) is 0. The van der Waals surface area contributed by atoms with E-state index in [-0.39, 0.29) is 5.91 Å². The number of benzene rings is 2. The maximum atomic E-state index is 12.3. The summed E-state index contributed by atoms with van der Waals surface area (Å²) in [5.74, 6) is 0.914. The normalized spacial score (nSPS) is 15.0. The molecule has 1 saturated heterocycles. The number of fused-ring (bicyclic) bond motifs is 1. The Morgan fingerprint density at radius 3 is 2.54 bits per heavy atom. The van der Waals surface area contributed by atoms with Crippen LogP contribution in [-0.4, -0.2) is 48.5 Å². The summed E-state index contributed by atoms with van der Waals surface area (Å²) in [6.07, 6.45) is 0. The number of aromatic nitrogens is 1. The summed E-state index contributed by atoms with van der Waals surface area (Å²) < 4.78 is 0. The SMILES string of the molecule is Cc1ccc(NC(=O)CN2CCN(c3cc4ccccc4c(Cl)n3)CC2)cc1. The maximum absolute atomic E-state index is 12.3. The second-order valence-corrected chi connectivity index (χ2v) is 7.53. The average molecular weight is 395 g/mol. The zero-order valence-electron chi connectivity index (χ0n) is 15.9. The van der Waals surface area contributed by atoms with Crippen molar-refractivity contribution in [3.05, 3.63) is 65.3 Å². The number of carbonyl (C=O) groups is 1. The Morgan fingerprint density at radius 2 is 1.79 bits per heavy atom. The summed E-state index contributed by atoms with van der Waals surface area (Å²) in [5.41, 5.74) is 2.01. The van der Waals surface area contributed by atoms with Crippen molar-refractivity contribution in [1.82, 2.24) is 9.88 Å². The van der Waals surface area contributed by atoms with Crippen LogP contribution in [0.4, 0.5) is 11.5 Å². The van der Waals surface area contributed by atoms with Crippen LogP contribution in [-0.2, 0) is 4.79 Å². The molecule has 2 aromatic carbocycles. The van der Waals surface area contributed by atoms with Crippen LogP contribution in [0.3, 0.4) is 0 Å². The van der Waals surface area contributed by atoms with Crippen LogP contribution >= 0.6 is 11.6 Å². The van der Waals surface area contributed by atoms with Crippen molar-refractivity contribution in [2.24, 2.45) is 0 Å². The molecule has 0 bridgehead atoms. The first-order valence-electron chi connectivity index (χ1n) is 9.47. The Morgan fingerprint density at radius 1 is 1.07 bits per heavy atom. The second kappa shape index (κ2) is 8.17. The van der Waals surface area contributed by atoms with Crippen LogP contribution < -0.4 is 10.2 Å². The second-order valence-electron chi connectivity index (χ2n) is 7.17. The van der Waals surface area contributed by atoms with Gasteiger partial charge in [-0.05, 0) is 30.5 Å². The van der Waals surface area contributed by atoms with Gasteiger partial charge in [0, 0.05) is 37.3 Å². The van der Waals surface area contributed by atoms with Crippen molar-refractivity contribution in [2.75, 3.05) is 42.9 Å². The molecule has 1 fully saturated rings. The molecule has 4 rings (SSSR count). The highest BCUT2D eigenvalue weighted by Gasteiger charge is 2.20. The van der Waals surface area contributed by atoms with E-state index in [2.05, 4.69) is 32.2 Å². The van der Waals surface area contributed by atoms with E-state index in [0.29, 0.717) is 11.7 Å². The molecule has 1 N–H and O–H groups in total. The van der Waals surface area contributed by atoms with Crippen LogP contribution in [0.5, 0.6) is 0 Å². The van der Waals surface area contributed by atoms with Crippen LogP contribution in [0, 0.1) is 6.92 Å². The fraction of sp³-hybridized carbons (Fsp3) is 0.273. The van der Waals surface area contributed by atoms with Crippen molar-refractivity contribution in [3.63, 3.8) is 0 Å². The fourth-order valence-electron chi connectivity index (χ4n) is 3.48. The van der Waals surface area contributed by atoms with E-state index in [1.807, 2.05) is 49.4 Å². The summed E-state index contributed by atoms with van der Waals surface area (Å²) in [6.45, 7) is 5.69. The van der Waals surface area contributed by atoms with Gasteiger partial charge in [-0.2, -0.15) is 0 Å². The third-order valence-corrected chi connectivity index (χ3v) is 5.37. The van der Waals surface area contributed by atoms with Gasteiger partial charge < -0.3 is 10.2 Å². The molecule has 5 nitrogen and oxygen atoms in total. The van der Waals surface area contributed by atoms with Crippen molar-refractivity contribution in [1.29, 1.82) is 0 Å². The average Bonchev–Trinajstić information content (AvgIpc) is 2.70. The Bertz CT molecular complexity index is 981. The molecule has 0 spiro atoms. The van der Waals surface area contributed by atoms with Crippen LogP contribution in [0.15, 0.2) is 54.6 Å². The lowest BCUT2D eigenvalue weighted by molar-refractivity contribution is -0.117. The lowest BCUT2D eigenvalue weighted by Crippen LogP contribution is -2.48. The third kappa shape index (κ3) is 4.26. The number of hydrogen-bond acceptors (Lipinski definition) is 4. The molecule has 0 saturated carbocycles. The largest absolute Gasteiger partial charge is 0.354 e. The predicted molar refractivity (Wildman–Crippen MR) is 115 cm³/mol. The number of halogens is 1. The minimum atomic E-state index is 0.0178. The van der Waals surface area contributed by atoms with Crippen LogP contribution in [0.25, 0.3) is 10.8 Å².